The van der Waals surface area contributed by atoms with Gasteiger partial charge in [0.1, 0.15) is 5.52 Å². The summed E-state index contributed by atoms with van der Waals surface area (Å²) in [6, 6.07) is 7.80. The number of rotatable bonds is 2. The Morgan fingerprint density at radius 2 is 2.19 bits per heavy atom. The first kappa shape index (κ1) is 11.8. The van der Waals surface area contributed by atoms with Crippen LogP contribution in [0.25, 0.3) is 16.6 Å². The molecule has 0 radical (unpaired) electrons. The van der Waals surface area contributed by atoms with Crippen molar-refractivity contribution in [3.05, 3.63) is 59.0 Å². The molecule has 0 saturated heterocycles. The normalized spacial score (nSPS) is 11.5. The average molecular weight is 280 g/mol. The van der Waals surface area contributed by atoms with Gasteiger partial charge in [0.05, 0.1) is 30.3 Å². The SMILES string of the molecule is Cn1ncc2ncn(Cc3cc4ccccn4n3)c(=O)c21. The molecule has 7 nitrogen and oxygen atoms in total. The van der Waals surface area contributed by atoms with Gasteiger partial charge in [-0.05, 0) is 18.2 Å². The van der Waals surface area contributed by atoms with Crippen LogP contribution in [0.4, 0.5) is 0 Å². The van der Waals surface area contributed by atoms with Gasteiger partial charge in [-0.25, -0.2) is 9.50 Å². The summed E-state index contributed by atoms with van der Waals surface area (Å²) in [6.45, 7) is 0.384. The summed E-state index contributed by atoms with van der Waals surface area (Å²) in [4.78, 5) is 16.7. The van der Waals surface area contributed by atoms with E-state index in [2.05, 4.69) is 15.2 Å². The number of pyridine rings is 1. The third-order valence-corrected chi connectivity index (χ3v) is 3.47. The zero-order valence-electron chi connectivity index (χ0n) is 11.3. The van der Waals surface area contributed by atoms with Crippen molar-refractivity contribution in [2.24, 2.45) is 7.05 Å². The van der Waals surface area contributed by atoms with E-state index in [0.29, 0.717) is 17.6 Å². The smallest absolute Gasteiger partial charge is 0.279 e. The Morgan fingerprint density at radius 1 is 1.29 bits per heavy atom. The first-order chi connectivity index (χ1) is 10.2. The number of hydrogen-bond donors (Lipinski definition) is 0. The molecular weight excluding hydrogens is 268 g/mol. The molecule has 4 heterocycles. The molecule has 4 rings (SSSR count). The van der Waals surface area contributed by atoms with Crippen LogP contribution in [0.3, 0.4) is 0 Å². The number of aryl methyl sites for hydroxylation is 1. The van der Waals surface area contributed by atoms with Crippen LogP contribution in [-0.4, -0.2) is 28.9 Å². The minimum absolute atomic E-state index is 0.114. The maximum Gasteiger partial charge on any atom is 0.279 e. The summed E-state index contributed by atoms with van der Waals surface area (Å²) in [6.07, 6.45) is 5.01. The van der Waals surface area contributed by atoms with E-state index in [0.717, 1.165) is 11.2 Å². The van der Waals surface area contributed by atoms with Crippen LogP contribution in [0.1, 0.15) is 5.69 Å². The molecule has 21 heavy (non-hydrogen) atoms. The molecule has 0 aliphatic rings. The van der Waals surface area contributed by atoms with Crippen LogP contribution >= 0.6 is 0 Å². The fourth-order valence-electron chi connectivity index (χ4n) is 2.44. The van der Waals surface area contributed by atoms with Crippen molar-refractivity contribution in [2.75, 3.05) is 0 Å². The highest BCUT2D eigenvalue weighted by atomic mass is 16.1. The molecule has 0 spiro atoms. The number of nitrogens with zero attached hydrogens (tertiary/aromatic N) is 6. The van der Waals surface area contributed by atoms with Crippen LogP contribution in [0, 0.1) is 0 Å². The van der Waals surface area contributed by atoms with E-state index < -0.39 is 0 Å². The Kier molecular flexibility index (Phi) is 2.41. The number of hydrogen-bond acceptors (Lipinski definition) is 4. The van der Waals surface area contributed by atoms with Crippen molar-refractivity contribution in [1.29, 1.82) is 0 Å². The number of fused-ring (bicyclic) bond motifs is 2. The molecule has 0 unspecified atom stereocenters. The van der Waals surface area contributed by atoms with Gasteiger partial charge in [0.25, 0.3) is 5.56 Å². The quantitative estimate of drug-likeness (QED) is 0.545. The lowest BCUT2D eigenvalue weighted by Gasteiger charge is -2.02. The van der Waals surface area contributed by atoms with E-state index in [4.69, 9.17) is 0 Å². The molecule has 0 aromatic carbocycles. The van der Waals surface area contributed by atoms with Crippen molar-refractivity contribution in [3.63, 3.8) is 0 Å². The van der Waals surface area contributed by atoms with Crippen molar-refractivity contribution < 1.29 is 0 Å². The molecule has 0 fully saturated rings. The Labute approximate surface area is 119 Å². The van der Waals surface area contributed by atoms with Crippen LogP contribution in [-0.2, 0) is 13.6 Å². The fourth-order valence-corrected chi connectivity index (χ4v) is 2.44. The second-order valence-electron chi connectivity index (χ2n) is 4.89. The second kappa shape index (κ2) is 4.27. The number of aromatic nitrogens is 6. The van der Waals surface area contributed by atoms with E-state index in [-0.39, 0.29) is 5.56 Å². The molecule has 4 aromatic heterocycles. The Balaban J connectivity index is 1.81. The monoisotopic (exact) mass is 280 g/mol. The lowest BCUT2D eigenvalue weighted by molar-refractivity contribution is 0.707. The second-order valence-corrected chi connectivity index (χ2v) is 4.89. The summed E-state index contributed by atoms with van der Waals surface area (Å²) in [7, 11) is 1.74. The highest BCUT2D eigenvalue weighted by Gasteiger charge is 2.10. The van der Waals surface area contributed by atoms with Gasteiger partial charge in [-0.15, -0.1) is 0 Å². The van der Waals surface area contributed by atoms with Gasteiger partial charge < -0.3 is 0 Å². The van der Waals surface area contributed by atoms with Gasteiger partial charge in [0.2, 0.25) is 0 Å². The Bertz CT molecular complexity index is 976. The minimum atomic E-state index is -0.114. The van der Waals surface area contributed by atoms with Crippen LogP contribution in [0.15, 0.2) is 47.8 Å². The summed E-state index contributed by atoms with van der Waals surface area (Å²) < 4.78 is 4.88. The van der Waals surface area contributed by atoms with Gasteiger partial charge in [-0.1, -0.05) is 6.07 Å². The van der Waals surface area contributed by atoms with Crippen molar-refractivity contribution in [1.82, 2.24) is 28.9 Å². The first-order valence-electron chi connectivity index (χ1n) is 6.53. The molecular formula is C14H12N6O. The third kappa shape index (κ3) is 1.82. The molecule has 104 valence electrons. The Hall–Kier alpha value is -2.96. The van der Waals surface area contributed by atoms with E-state index in [1.807, 2.05) is 30.5 Å². The predicted molar refractivity (Wildman–Crippen MR) is 77.1 cm³/mol. The van der Waals surface area contributed by atoms with E-state index in [1.165, 1.54) is 6.33 Å². The highest BCUT2D eigenvalue weighted by molar-refractivity contribution is 5.72. The van der Waals surface area contributed by atoms with Crippen LogP contribution in [0.2, 0.25) is 0 Å². The van der Waals surface area contributed by atoms with Crippen LogP contribution in [0.5, 0.6) is 0 Å². The van der Waals surface area contributed by atoms with Gasteiger partial charge in [-0.2, -0.15) is 10.2 Å². The summed E-state index contributed by atoms with van der Waals surface area (Å²) in [5, 5.41) is 8.51. The lowest BCUT2D eigenvalue weighted by Crippen LogP contribution is -2.22. The van der Waals surface area contributed by atoms with Gasteiger partial charge in [0.15, 0.2) is 5.52 Å². The van der Waals surface area contributed by atoms with E-state index in [1.54, 1.807) is 27.0 Å². The summed E-state index contributed by atoms with van der Waals surface area (Å²) in [5.41, 5.74) is 2.80. The largest absolute Gasteiger partial charge is 0.291 e. The standard InChI is InChI=1S/C14H12N6O/c1-18-13-12(7-16-18)15-9-19(14(13)21)8-10-6-11-4-2-3-5-20(11)17-10/h2-7,9H,8H2,1H3. The van der Waals surface area contributed by atoms with Gasteiger partial charge in [0, 0.05) is 13.2 Å². The first-order valence-corrected chi connectivity index (χ1v) is 6.53. The fraction of sp³-hybridized carbons (Fsp3) is 0.143. The van der Waals surface area contributed by atoms with Gasteiger partial charge in [-0.3, -0.25) is 14.0 Å². The van der Waals surface area contributed by atoms with E-state index >= 15 is 0 Å². The Morgan fingerprint density at radius 3 is 3.05 bits per heavy atom. The molecule has 0 atom stereocenters. The molecule has 0 saturated carbocycles. The maximum atomic E-state index is 12.5. The molecule has 0 aliphatic heterocycles. The van der Waals surface area contributed by atoms with E-state index in [9.17, 15) is 4.79 Å². The molecule has 0 aliphatic carbocycles. The molecule has 4 aromatic rings. The zero-order valence-corrected chi connectivity index (χ0v) is 11.3. The topological polar surface area (TPSA) is 70.0 Å². The van der Waals surface area contributed by atoms with Crippen molar-refractivity contribution in [2.45, 2.75) is 6.54 Å². The molecule has 0 amide bonds. The summed E-state index contributed by atoms with van der Waals surface area (Å²) in [5.74, 6) is 0. The maximum absolute atomic E-state index is 12.5. The molecule has 0 N–H and O–H groups in total. The zero-order chi connectivity index (χ0) is 14.4. The minimum Gasteiger partial charge on any atom is -0.291 e. The predicted octanol–water partition coefficient (Wildman–Crippen LogP) is 0.826. The lowest BCUT2D eigenvalue weighted by atomic mass is 10.3. The molecule has 0 bridgehead atoms. The average Bonchev–Trinajstić information content (AvgIpc) is 3.05. The molecule has 7 heteroatoms. The van der Waals surface area contributed by atoms with Crippen molar-refractivity contribution >= 4 is 16.6 Å². The van der Waals surface area contributed by atoms with Crippen LogP contribution < -0.4 is 5.56 Å². The van der Waals surface area contributed by atoms with Crippen molar-refractivity contribution in [3.8, 4) is 0 Å². The highest BCUT2D eigenvalue weighted by Crippen LogP contribution is 2.08. The summed E-state index contributed by atoms with van der Waals surface area (Å²) >= 11 is 0. The third-order valence-electron chi connectivity index (χ3n) is 3.47. The van der Waals surface area contributed by atoms with Gasteiger partial charge >= 0.3 is 0 Å².